The number of fused-ring (bicyclic) bond motifs is 2. The van der Waals surface area contributed by atoms with Crippen molar-refractivity contribution in [3.8, 4) is 5.75 Å². The van der Waals surface area contributed by atoms with Gasteiger partial charge in [0.05, 0.1) is 10.5 Å². The first-order valence-corrected chi connectivity index (χ1v) is 10.7. The van der Waals surface area contributed by atoms with Crippen molar-refractivity contribution in [2.45, 2.75) is 34.9 Å². The highest BCUT2D eigenvalue weighted by Crippen LogP contribution is 2.48. The average Bonchev–Trinajstić information content (AvgIpc) is 2.90. The molecule has 2 aromatic rings. The topological polar surface area (TPSA) is 87.1 Å². The Morgan fingerprint density at radius 3 is 2.25 bits per heavy atom. The van der Waals surface area contributed by atoms with Gasteiger partial charge in [0.1, 0.15) is 11.9 Å². The van der Waals surface area contributed by atoms with E-state index in [0.717, 1.165) is 41.5 Å². The molecule has 0 aromatic heterocycles. The zero-order valence-corrected chi connectivity index (χ0v) is 17.9. The number of rotatable bonds is 1. The number of alkyl halides is 3. The number of benzene rings is 2. The van der Waals surface area contributed by atoms with E-state index in [0.29, 0.717) is 5.56 Å². The van der Waals surface area contributed by atoms with Gasteiger partial charge in [0, 0.05) is 16.4 Å². The maximum Gasteiger partial charge on any atom is 0.416 e. The average molecular weight is 469 g/mol. The Hall–Kier alpha value is -2.72. The van der Waals surface area contributed by atoms with E-state index >= 15 is 0 Å². The molecule has 0 radical (unpaired) electrons. The Kier molecular flexibility index (Phi) is 7.35. The van der Waals surface area contributed by atoms with Crippen LogP contribution in [0.15, 0.2) is 52.3 Å². The first kappa shape index (κ1) is 23.9. The smallest absolute Gasteiger partial charge is 0.416 e. The second-order valence-corrected chi connectivity index (χ2v) is 8.67. The lowest BCUT2D eigenvalue weighted by Gasteiger charge is -2.34. The van der Waals surface area contributed by atoms with E-state index in [-0.39, 0.29) is 12.0 Å². The number of carbonyl (C=O) groups is 2. The summed E-state index contributed by atoms with van der Waals surface area (Å²) < 4.78 is 46.2. The molecule has 2 aliphatic rings. The number of likely N-dealkylation sites (tertiary alicyclic amines) is 1. The van der Waals surface area contributed by atoms with Crippen LogP contribution in [0.5, 0.6) is 5.75 Å². The van der Waals surface area contributed by atoms with Gasteiger partial charge in [0.25, 0.3) is 0 Å². The van der Waals surface area contributed by atoms with E-state index in [1.165, 1.54) is 23.9 Å². The molecule has 2 N–H and O–H groups in total. The predicted molar refractivity (Wildman–Crippen MR) is 111 cm³/mol. The third kappa shape index (κ3) is 5.74. The Bertz CT molecular complexity index is 978. The van der Waals surface area contributed by atoms with Crippen molar-refractivity contribution in [2.24, 2.45) is 5.92 Å². The van der Waals surface area contributed by atoms with Gasteiger partial charge in [-0.15, -0.1) is 0 Å². The summed E-state index contributed by atoms with van der Waals surface area (Å²) in [5, 5.41) is 14.8. The fourth-order valence-corrected chi connectivity index (χ4v) is 4.70. The summed E-state index contributed by atoms with van der Waals surface area (Å²) in [4.78, 5) is 22.3. The molecule has 1 saturated heterocycles. The summed E-state index contributed by atoms with van der Waals surface area (Å²) in [6.07, 6.45) is -2.86. The molecule has 1 atom stereocenters. The van der Waals surface area contributed by atoms with Crippen LogP contribution in [0.1, 0.15) is 30.1 Å². The monoisotopic (exact) mass is 469 g/mol. The van der Waals surface area contributed by atoms with Crippen molar-refractivity contribution in [1.82, 2.24) is 4.90 Å². The fourth-order valence-electron chi connectivity index (χ4n) is 3.67. The molecule has 1 fully saturated rings. The molecule has 172 valence electrons. The Morgan fingerprint density at radius 2 is 1.66 bits per heavy atom. The molecular weight excluding hydrogens is 447 g/mol. The number of carboxylic acids is 2. The van der Waals surface area contributed by atoms with Crippen LogP contribution in [0.2, 0.25) is 0 Å². The Morgan fingerprint density at radius 1 is 1.03 bits per heavy atom. The van der Waals surface area contributed by atoms with Gasteiger partial charge in [-0.05, 0) is 63.3 Å². The summed E-state index contributed by atoms with van der Waals surface area (Å²) in [7, 11) is 2.07. The first-order chi connectivity index (χ1) is 15.1. The molecule has 6 nitrogen and oxygen atoms in total. The van der Waals surface area contributed by atoms with Gasteiger partial charge in [-0.2, -0.15) is 13.2 Å². The standard InChI is InChI=1S/C20H20F3NOS.C2H2O4/c1-24-10-8-13(9-11-24)19-15-12-14(20(21,22)23)6-7-17(15)26-18-5-3-2-4-16(18)25-19;3-1(4)2(5)6/h2-7,12-13,19H,8-11H2,1H3;(H,3,4)(H,5,6). The molecule has 0 aliphatic carbocycles. The van der Waals surface area contributed by atoms with E-state index in [1.54, 1.807) is 6.07 Å². The summed E-state index contributed by atoms with van der Waals surface area (Å²) in [6, 6.07) is 11.7. The number of piperidine rings is 1. The van der Waals surface area contributed by atoms with Gasteiger partial charge in [-0.1, -0.05) is 23.9 Å². The number of ether oxygens (including phenoxy) is 1. The Balaban J connectivity index is 0.000000427. The number of nitrogens with zero attached hydrogens (tertiary/aromatic N) is 1. The van der Waals surface area contributed by atoms with Gasteiger partial charge in [0.15, 0.2) is 0 Å². The summed E-state index contributed by atoms with van der Waals surface area (Å²) in [6.45, 7) is 1.88. The maximum absolute atomic E-state index is 13.3. The maximum atomic E-state index is 13.3. The second kappa shape index (κ2) is 9.83. The van der Waals surface area contributed by atoms with E-state index in [9.17, 15) is 13.2 Å². The zero-order valence-electron chi connectivity index (χ0n) is 17.1. The lowest BCUT2D eigenvalue weighted by atomic mass is 9.86. The minimum atomic E-state index is -4.35. The summed E-state index contributed by atoms with van der Waals surface area (Å²) in [5.41, 5.74) is 0.0555. The van der Waals surface area contributed by atoms with Crippen molar-refractivity contribution < 1.29 is 37.7 Å². The van der Waals surface area contributed by atoms with Gasteiger partial charge < -0.3 is 19.8 Å². The highest BCUT2D eigenvalue weighted by atomic mass is 32.2. The Labute approximate surface area is 187 Å². The second-order valence-electron chi connectivity index (χ2n) is 7.59. The van der Waals surface area contributed by atoms with Crippen molar-refractivity contribution in [3.05, 3.63) is 53.6 Å². The molecule has 2 heterocycles. The third-order valence-electron chi connectivity index (χ3n) is 5.34. The SMILES string of the molecule is CN1CCC(C2Oc3ccccc3Sc3ccc(C(F)(F)F)cc32)CC1.O=C(O)C(=O)O. The van der Waals surface area contributed by atoms with Gasteiger partial charge >= 0.3 is 18.1 Å². The van der Waals surface area contributed by atoms with Crippen LogP contribution in [0.3, 0.4) is 0 Å². The third-order valence-corrected chi connectivity index (χ3v) is 6.49. The molecule has 0 spiro atoms. The summed E-state index contributed by atoms with van der Waals surface area (Å²) >= 11 is 1.49. The lowest BCUT2D eigenvalue weighted by Crippen LogP contribution is -2.34. The number of aliphatic carboxylic acids is 2. The highest BCUT2D eigenvalue weighted by Gasteiger charge is 2.36. The summed E-state index contributed by atoms with van der Waals surface area (Å²) in [5.74, 6) is -2.68. The van der Waals surface area contributed by atoms with Crippen molar-refractivity contribution >= 4 is 23.7 Å². The van der Waals surface area contributed by atoms with Crippen LogP contribution in [0.25, 0.3) is 0 Å². The molecule has 0 bridgehead atoms. The minimum Gasteiger partial charge on any atom is -0.484 e. The first-order valence-electron chi connectivity index (χ1n) is 9.85. The van der Waals surface area contributed by atoms with Crippen molar-refractivity contribution in [1.29, 1.82) is 0 Å². The van der Waals surface area contributed by atoms with Crippen LogP contribution >= 0.6 is 11.8 Å². The van der Waals surface area contributed by atoms with E-state index in [4.69, 9.17) is 24.5 Å². The van der Waals surface area contributed by atoms with Gasteiger partial charge in [-0.25, -0.2) is 9.59 Å². The van der Waals surface area contributed by atoms with Crippen molar-refractivity contribution in [3.63, 3.8) is 0 Å². The molecule has 0 saturated carbocycles. The molecule has 1 unspecified atom stereocenters. The number of halogens is 3. The van der Waals surface area contributed by atoms with E-state index in [2.05, 4.69) is 11.9 Å². The molecule has 2 aliphatic heterocycles. The fraction of sp³-hybridized carbons (Fsp3) is 0.364. The molecular formula is C22H22F3NO5S. The molecule has 2 aromatic carbocycles. The number of para-hydroxylation sites is 1. The largest absolute Gasteiger partial charge is 0.484 e. The predicted octanol–water partition coefficient (Wildman–Crippen LogP) is 4.79. The number of hydrogen-bond donors (Lipinski definition) is 2. The molecule has 10 heteroatoms. The molecule has 0 amide bonds. The lowest BCUT2D eigenvalue weighted by molar-refractivity contribution is -0.159. The molecule has 4 rings (SSSR count). The number of hydrogen-bond acceptors (Lipinski definition) is 5. The van der Waals surface area contributed by atoms with E-state index < -0.39 is 23.7 Å². The van der Waals surface area contributed by atoms with E-state index in [1.807, 2.05) is 24.3 Å². The quantitative estimate of drug-likeness (QED) is 0.581. The van der Waals surface area contributed by atoms with Crippen LogP contribution in [-0.2, 0) is 15.8 Å². The number of carboxylic acid groups (broad SMARTS) is 2. The van der Waals surface area contributed by atoms with Crippen LogP contribution in [-0.4, -0.2) is 47.2 Å². The van der Waals surface area contributed by atoms with Crippen LogP contribution < -0.4 is 4.74 Å². The molecule has 32 heavy (non-hydrogen) atoms. The zero-order chi connectivity index (χ0) is 23.5. The highest BCUT2D eigenvalue weighted by molar-refractivity contribution is 7.99. The van der Waals surface area contributed by atoms with Crippen LogP contribution in [0, 0.1) is 5.92 Å². The normalized spacial score (nSPS) is 18.8. The van der Waals surface area contributed by atoms with Gasteiger partial charge in [-0.3, -0.25) is 0 Å². The minimum absolute atomic E-state index is 0.209. The van der Waals surface area contributed by atoms with Crippen molar-refractivity contribution in [2.75, 3.05) is 20.1 Å². The van der Waals surface area contributed by atoms with Gasteiger partial charge in [0.2, 0.25) is 0 Å². The van der Waals surface area contributed by atoms with Crippen LogP contribution in [0.4, 0.5) is 13.2 Å².